The Morgan fingerprint density at radius 3 is 2.74 bits per heavy atom. The molecule has 0 aliphatic rings. The Hall–Kier alpha value is -2.92. The van der Waals surface area contributed by atoms with Gasteiger partial charge in [-0.3, -0.25) is 0 Å². The smallest absolute Gasteiger partial charge is 0.153 e. The summed E-state index contributed by atoms with van der Waals surface area (Å²) in [6, 6.07) is 19.9. The SMILES string of the molecule is Nc1cccnc1Nc1cccc(-c2nc3ccccc3s2)c1. The maximum absolute atomic E-state index is 5.93. The molecule has 0 aliphatic carbocycles. The first kappa shape index (κ1) is 13.7. The van der Waals surface area contributed by atoms with Crippen molar-refractivity contribution in [2.45, 2.75) is 0 Å². The zero-order chi connectivity index (χ0) is 15.6. The van der Waals surface area contributed by atoms with Gasteiger partial charge in [-0.25, -0.2) is 9.97 Å². The average Bonchev–Trinajstić information content (AvgIpc) is 3.01. The van der Waals surface area contributed by atoms with Crippen LogP contribution in [0.15, 0.2) is 66.9 Å². The zero-order valence-electron chi connectivity index (χ0n) is 12.2. The summed E-state index contributed by atoms with van der Waals surface area (Å²) >= 11 is 1.69. The lowest BCUT2D eigenvalue weighted by molar-refractivity contribution is 1.31. The predicted octanol–water partition coefficient (Wildman–Crippen LogP) is 4.68. The predicted molar refractivity (Wildman–Crippen MR) is 97.0 cm³/mol. The van der Waals surface area contributed by atoms with Crippen molar-refractivity contribution in [3.05, 3.63) is 66.9 Å². The molecule has 2 aromatic carbocycles. The van der Waals surface area contributed by atoms with Gasteiger partial charge in [-0.05, 0) is 36.4 Å². The standard InChI is InChI=1S/C18H14N4S/c19-14-7-4-10-20-17(14)21-13-6-3-5-12(11-13)18-22-15-8-1-2-9-16(15)23-18/h1-11H,19H2,(H,20,21). The Morgan fingerprint density at radius 1 is 0.957 bits per heavy atom. The van der Waals surface area contributed by atoms with E-state index in [-0.39, 0.29) is 0 Å². The van der Waals surface area contributed by atoms with Crippen molar-refractivity contribution in [1.29, 1.82) is 0 Å². The van der Waals surface area contributed by atoms with Crippen LogP contribution in [0.3, 0.4) is 0 Å². The number of pyridine rings is 1. The Morgan fingerprint density at radius 2 is 1.87 bits per heavy atom. The molecule has 0 aliphatic heterocycles. The van der Waals surface area contributed by atoms with Crippen LogP contribution in [-0.2, 0) is 0 Å². The van der Waals surface area contributed by atoms with E-state index in [0.29, 0.717) is 11.5 Å². The molecule has 0 unspecified atom stereocenters. The highest BCUT2D eigenvalue weighted by molar-refractivity contribution is 7.21. The molecule has 0 amide bonds. The van der Waals surface area contributed by atoms with Gasteiger partial charge in [0.05, 0.1) is 15.9 Å². The lowest BCUT2D eigenvalue weighted by Crippen LogP contribution is -1.98. The fourth-order valence-electron chi connectivity index (χ4n) is 2.38. The number of fused-ring (bicyclic) bond motifs is 1. The number of nitrogen functional groups attached to an aromatic ring is 1. The average molecular weight is 318 g/mol. The van der Waals surface area contributed by atoms with Crippen LogP contribution in [0, 0.1) is 0 Å². The number of nitrogens with one attached hydrogen (secondary N) is 1. The third-order valence-electron chi connectivity index (χ3n) is 3.51. The Labute approximate surface area is 137 Å². The quantitative estimate of drug-likeness (QED) is 0.575. The van der Waals surface area contributed by atoms with E-state index in [4.69, 9.17) is 10.7 Å². The first-order chi connectivity index (χ1) is 11.3. The van der Waals surface area contributed by atoms with E-state index in [1.165, 1.54) is 4.70 Å². The van der Waals surface area contributed by atoms with Crippen LogP contribution in [0.25, 0.3) is 20.8 Å². The number of hydrogen-bond donors (Lipinski definition) is 2. The van der Waals surface area contributed by atoms with Crippen molar-refractivity contribution in [3.8, 4) is 10.6 Å². The molecule has 0 spiro atoms. The first-order valence-electron chi connectivity index (χ1n) is 7.23. The highest BCUT2D eigenvalue weighted by Gasteiger charge is 2.07. The molecule has 2 heterocycles. The molecule has 23 heavy (non-hydrogen) atoms. The van der Waals surface area contributed by atoms with Gasteiger partial charge in [-0.2, -0.15) is 0 Å². The van der Waals surface area contributed by atoms with Crippen molar-refractivity contribution >= 4 is 38.7 Å². The minimum Gasteiger partial charge on any atom is -0.396 e. The second kappa shape index (κ2) is 5.70. The van der Waals surface area contributed by atoms with E-state index in [1.54, 1.807) is 17.5 Å². The van der Waals surface area contributed by atoms with Crippen LogP contribution < -0.4 is 11.1 Å². The molecule has 2 aromatic heterocycles. The summed E-state index contributed by atoms with van der Waals surface area (Å²) in [6.45, 7) is 0. The monoisotopic (exact) mass is 318 g/mol. The van der Waals surface area contributed by atoms with Gasteiger partial charge in [0.15, 0.2) is 5.82 Å². The summed E-state index contributed by atoms with van der Waals surface area (Å²) in [4.78, 5) is 8.96. The number of aromatic nitrogens is 2. The van der Waals surface area contributed by atoms with E-state index in [2.05, 4.69) is 28.5 Å². The number of nitrogens with zero attached hydrogens (tertiary/aromatic N) is 2. The minimum absolute atomic E-state index is 0.623. The molecular weight excluding hydrogens is 304 g/mol. The van der Waals surface area contributed by atoms with Crippen molar-refractivity contribution in [2.24, 2.45) is 0 Å². The molecule has 0 saturated carbocycles. The number of rotatable bonds is 3. The van der Waals surface area contributed by atoms with E-state index in [9.17, 15) is 0 Å². The Kier molecular flexibility index (Phi) is 3.40. The third-order valence-corrected chi connectivity index (χ3v) is 4.59. The number of para-hydroxylation sites is 1. The molecule has 0 atom stereocenters. The molecule has 112 valence electrons. The van der Waals surface area contributed by atoms with Gasteiger partial charge in [0.1, 0.15) is 5.01 Å². The lowest BCUT2D eigenvalue weighted by Gasteiger charge is -2.08. The fraction of sp³-hybridized carbons (Fsp3) is 0. The van der Waals surface area contributed by atoms with Crippen LogP contribution in [0.2, 0.25) is 0 Å². The molecule has 0 radical (unpaired) electrons. The number of hydrogen-bond acceptors (Lipinski definition) is 5. The molecule has 4 nitrogen and oxygen atoms in total. The lowest BCUT2D eigenvalue weighted by atomic mass is 10.2. The van der Waals surface area contributed by atoms with Crippen LogP contribution in [-0.4, -0.2) is 9.97 Å². The van der Waals surface area contributed by atoms with Gasteiger partial charge >= 0.3 is 0 Å². The Bertz CT molecular complexity index is 944. The zero-order valence-corrected chi connectivity index (χ0v) is 13.0. The van der Waals surface area contributed by atoms with Gasteiger partial charge in [0.25, 0.3) is 0 Å². The largest absolute Gasteiger partial charge is 0.396 e. The van der Waals surface area contributed by atoms with Gasteiger partial charge in [0, 0.05) is 17.4 Å². The molecular formula is C18H14N4S. The summed E-state index contributed by atoms with van der Waals surface area (Å²) in [7, 11) is 0. The summed E-state index contributed by atoms with van der Waals surface area (Å²) in [5.41, 5.74) is 9.60. The van der Waals surface area contributed by atoms with Gasteiger partial charge in [-0.1, -0.05) is 24.3 Å². The topological polar surface area (TPSA) is 63.8 Å². The van der Waals surface area contributed by atoms with Gasteiger partial charge in [0.2, 0.25) is 0 Å². The highest BCUT2D eigenvalue weighted by Crippen LogP contribution is 2.32. The maximum Gasteiger partial charge on any atom is 0.153 e. The van der Waals surface area contributed by atoms with Gasteiger partial charge < -0.3 is 11.1 Å². The third kappa shape index (κ3) is 2.74. The first-order valence-corrected chi connectivity index (χ1v) is 8.05. The fourth-order valence-corrected chi connectivity index (χ4v) is 3.35. The Balaban J connectivity index is 1.69. The molecule has 5 heteroatoms. The number of anilines is 3. The molecule has 0 bridgehead atoms. The van der Waals surface area contributed by atoms with E-state index < -0.39 is 0 Å². The molecule has 0 fully saturated rings. The molecule has 3 N–H and O–H groups in total. The summed E-state index contributed by atoms with van der Waals surface area (Å²) < 4.78 is 1.19. The van der Waals surface area contributed by atoms with Gasteiger partial charge in [-0.15, -0.1) is 11.3 Å². The van der Waals surface area contributed by atoms with Crippen LogP contribution in [0.1, 0.15) is 0 Å². The number of nitrogens with two attached hydrogens (primary N) is 1. The van der Waals surface area contributed by atoms with E-state index in [0.717, 1.165) is 21.8 Å². The van der Waals surface area contributed by atoms with Crippen LogP contribution in [0.5, 0.6) is 0 Å². The summed E-state index contributed by atoms with van der Waals surface area (Å²) in [5.74, 6) is 0.661. The van der Waals surface area contributed by atoms with Crippen molar-refractivity contribution in [3.63, 3.8) is 0 Å². The number of benzene rings is 2. The summed E-state index contributed by atoms with van der Waals surface area (Å²) in [6.07, 6.45) is 1.72. The highest BCUT2D eigenvalue weighted by atomic mass is 32.1. The minimum atomic E-state index is 0.623. The molecule has 0 saturated heterocycles. The molecule has 4 aromatic rings. The number of thiazole rings is 1. The second-order valence-corrected chi connectivity index (χ2v) is 6.16. The summed E-state index contributed by atoms with van der Waals surface area (Å²) in [5, 5.41) is 4.26. The normalized spacial score (nSPS) is 10.8. The van der Waals surface area contributed by atoms with Crippen molar-refractivity contribution < 1.29 is 0 Å². The second-order valence-electron chi connectivity index (χ2n) is 5.13. The van der Waals surface area contributed by atoms with Crippen LogP contribution >= 0.6 is 11.3 Å². The molecule has 4 rings (SSSR count). The van der Waals surface area contributed by atoms with E-state index in [1.807, 2.05) is 42.5 Å². The van der Waals surface area contributed by atoms with Crippen molar-refractivity contribution in [2.75, 3.05) is 11.1 Å². The van der Waals surface area contributed by atoms with Crippen LogP contribution in [0.4, 0.5) is 17.2 Å². The maximum atomic E-state index is 5.93. The van der Waals surface area contributed by atoms with Crippen molar-refractivity contribution in [1.82, 2.24) is 9.97 Å². The van der Waals surface area contributed by atoms with E-state index >= 15 is 0 Å².